The maximum atomic E-state index is 2.72. The van der Waals surface area contributed by atoms with Gasteiger partial charge in [0.1, 0.15) is 0 Å². The van der Waals surface area contributed by atoms with E-state index >= 15 is 0 Å². The normalized spacial score (nSPS) is 16.3. The van der Waals surface area contributed by atoms with Crippen LogP contribution in [0.25, 0.3) is 22.3 Å². The van der Waals surface area contributed by atoms with E-state index in [2.05, 4.69) is 240 Å². The molecule has 0 atom stereocenters. The van der Waals surface area contributed by atoms with Gasteiger partial charge in [-0.25, -0.2) is 0 Å². The molecule has 4 heteroatoms. The summed E-state index contributed by atoms with van der Waals surface area (Å²) in [7, 11) is 0. The second-order valence-electron chi connectivity index (χ2n) is 21.9. The summed E-state index contributed by atoms with van der Waals surface area (Å²) in [4.78, 5) is 7.81. The van der Waals surface area contributed by atoms with Crippen molar-refractivity contribution >= 4 is 63.3 Å². The van der Waals surface area contributed by atoms with Crippen LogP contribution in [0.4, 0.5) is 45.5 Å². The van der Waals surface area contributed by atoms with Crippen molar-refractivity contribution in [1.29, 1.82) is 0 Å². The number of aryl methyl sites for hydroxylation is 2. The molecule has 3 nitrogen and oxygen atoms in total. The van der Waals surface area contributed by atoms with Crippen LogP contribution in [-0.4, -0.2) is 6.85 Å². The Bertz CT molecular complexity index is 3270. The van der Waals surface area contributed by atoms with Gasteiger partial charge < -0.3 is 14.6 Å². The Morgan fingerprint density at radius 1 is 0.529 bits per heavy atom. The van der Waals surface area contributed by atoms with Gasteiger partial charge in [0.15, 0.2) is 0 Å². The van der Waals surface area contributed by atoms with Crippen molar-refractivity contribution in [3.63, 3.8) is 0 Å². The number of nitrogens with zero attached hydrogens (tertiary/aromatic N) is 3. The summed E-state index contributed by atoms with van der Waals surface area (Å²) in [6.45, 7) is 19.3. The van der Waals surface area contributed by atoms with Crippen LogP contribution in [0.15, 0.2) is 170 Å². The lowest BCUT2D eigenvalue weighted by atomic mass is 9.42. The molecule has 1 aliphatic carbocycles. The highest BCUT2D eigenvalue weighted by Gasteiger charge is 2.51. The summed E-state index contributed by atoms with van der Waals surface area (Å²) in [6.07, 6.45) is 5.85. The van der Waals surface area contributed by atoms with Gasteiger partial charge in [-0.15, -0.1) is 0 Å². The molecule has 8 aromatic carbocycles. The number of hydrogen-bond acceptors (Lipinski definition) is 3. The first kappa shape index (κ1) is 42.6. The fourth-order valence-electron chi connectivity index (χ4n) is 12.5. The molecule has 0 aromatic heterocycles. The summed E-state index contributed by atoms with van der Waals surface area (Å²) in [5, 5.41) is 0. The van der Waals surface area contributed by atoms with Gasteiger partial charge in [-0.05, 0) is 177 Å². The third kappa shape index (κ3) is 6.47. The lowest BCUT2D eigenvalue weighted by Gasteiger charge is -2.52. The molecule has 0 fully saturated rings. The zero-order valence-corrected chi connectivity index (χ0v) is 41.1. The van der Waals surface area contributed by atoms with E-state index in [1.807, 2.05) is 0 Å². The average molecular weight is 884 g/mol. The highest BCUT2D eigenvalue weighted by Crippen LogP contribution is 2.58. The van der Waals surface area contributed by atoms with E-state index < -0.39 is 0 Å². The number of fused-ring (bicyclic) bond motifs is 7. The van der Waals surface area contributed by atoms with Crippen LogP contribution in [0.3, 0.4) is 0 Å². The zero-order valence-electron chi connectivity index (χ0n) is 41.1. The van der Waals surface area contributed by atoms with E-state index in [1.165, 1.54) is 121 Å². The summed E-state index contributed by atoms with van der Waals surface area (Å²) in [5.74, 6) is 0. The summed E-state index contributed by atoms with van der Waals surface area (Å²) < 4.78 is 0. The van der Waals surface area contributed by atoms with Crippen molar-refractivity contribution in [3.05, 3.63) is 203 Å². The topological polar surface area (TPSA) is 9.72 Å². The van der Waals surface area contributed by atoms with Gasteiger partial charge in [0.2, 0.25) is 0 Å². The van der Waals surface area contributed by atoms with E-state index in [0.717, 1.165) is 23.5 Å². The van der Waals surface area contributed by atoms with Gasteiger partial charge in [-0.2, -0.15) is 0 Å². The predicted octanol–water partition coefficient (Wildman–Crippen LogP) is 16.2. The quantitative estimate of drug-likeness (QED) is 0.141. The molecule has 336 valence electrons. The summed E-state index contributed by atoms with van der Waals surface area (Å²) >= 11 is 0. The molecule has 12 rings (SSSR count). The van der Waals surface area contributed by atoms with Gasteiger partial charge in [-0.3, -0.25) is 0 Å². The molecule has 8 aromatic rings. The van der Waals surface area contributed by atoms with E-state index in [-0.39, 0.29) is 23.1 Å². The fraction of sp³-hybridized carbons (Fsp3) is 0.250. The standard InChI is InChI=1S/C64H62BN3/c1-9-10-21-43-29-31-46(32-30-43)66(45-22-13-11-14-23-45)48-33-34-57-50(39-48)51-37-44(49-26-18-17-20-42(49)2)38-59-60(51)65(68(57)47-24-15-12-16-25-47)56-28-19-27-52-61(56)67(59)58-41-54-53(40-55(58)64(52,7)8)62(3,4)35-36-63(54,5)6/h11-20,22-34,37-41H,9-10,21,35-36H2,1-8H3. The lowest BCUT2D eigenvalue weighted by Crippen LogP contribution is -2.62. The largest absolute Gasteiger partial charge is 0.376 e. The molecule has 0 N–H and O–H groups in total. The van der Waals surface area contributed by atoms with Crippen molar-refractivity contribution in [2.75, 3.05) is 14.6 Å². The highest BCUT2D eigenvalue weighted by atomic mass is 15.2. The van der Waals surface area contributed by atoms with Crippen LogP contribution >= 0.6 is 0 Å². The second kappa shape index (κ2) is 15.6. The third-order valence-electron chi connectivity index (χ3n) is 16.4. The van der Waals surface area contributed by atoms with Crippen LogP contribution in [0.2, 0.25) is 0 Å². The van der Waals surface area contributed by atoms with Crippen molar-refractivity contribution < 1.29 is 0 Å². The molecule has 0 saturated heterocycles. The van der Waals surface area contributed by atoms with Gasteiger partial charge >= 0.3 is 6.85 Å². The van der Waals surface area contributed by atoms with E-state index in [4.69, 9.17) is 0 Å². The van der Waals surface area contributed by atoms with Crippen LogP contribution < -0.4 is 25.5 Å². The third-order valence-corrected chi connectivity index (χ3v) is 16.4. The Morgan fingerprint density at radius 2 is 1.19 bits per heavy atom. The Hall–Kier alpha value is -6.78. The van der Waals surface area contributed by atoms with Crippen molar-refractivity contribution in [2.45, 2.75) is 104 Å². The minimum absolute atomic E-state index is 0.0600. The van der Waals surface area contributed by atoms with Crippen LogP contribution in [-0.2, 0) is 22.7 Å². The minimum atomic E-state index is -0.230. The number of anilines is 8. The van der Waals surface area contributed by atoms with E-state index in [1.54, 1.807) is 0 Å². The fourth-order valence-corrected chi connectivity index (χ4v) is 12.5. The van der Waals surface area contributed by atoms with E-state index in [9.17, 15) is 0 Å². The molecule has 0 unspecified atom stereocenters. The maximum Gasteiger partial charge on any atom is 0.333 e. The number of unbranched alkanes of at least 4 members (excludes halogenated alkanes) is 1. The molecular formula is C64H62BN3. The molecule has 0 bridgehead atoms. The molecule has 0 radical (unpaired) electrons. The Balaban J connectivity index is 1.17. The summed E-state index contributed by atoms with van der Waals surface area (Å²) in [6, 6.07) is 65.0. The van der Waals surface area contributed by atoms with Crippen molar-refractivity contribution in [1.82, 2.24) is 0 Å². The lowest BCUT2D eigenvalue weighted by molar-refractivity contribution is 0.331. The molecule has 0 spiro atoms. The molecular weight excluding hydrogens is 822 g/mol. The number of hydrogen-bond donors (Lipinski definition) is 0. The zero-order chi connectivity index (χ0) is 46.7. The Labute approximate surface area is 405 Å². The molecule has 0 saturated carbocycles. The van der Waals surface area contributed by atoms with Crippen molar-refractivity contribution in [2.24, 2.45) is 0 Å². The van der Waals surface area contributed by atoms with Gasteiger partial charge in [0.25, 0.3) is 0 Å². The van der Waals surface area contributed by atoms with Gasteiger partial charge in [-0.1, -0.05) is 152 Å². The smallest absolute Gasteiger partial charge is 0.333 e. The average Bonchev–Trinajstić information content (AvgIpc) is 3.35. The SMILES string of the molecule is CCCCc1ccc(N(c2ccccc2)c2ccc3c(c2)-c2cc(-c4ccccc4C)cc4c2B(c2cccc5c2N4c2cc4c(cc2C5(C)C)C(C)(C)CCC4(C)C)N3c2ccccc2)cc1. The van der Waals surface area contributed by atoms with Gasteiger partial charge in [0.05, 0.1) is 5.69 Å². The van der Waals surface area contributed by atoms with E-state index in [0.29, 0.717) is 0 Å². The Morgan fingerprint density at radius 3 is 1.91 bits per heavy atom. The second-order valence-corrected chi connectivity index (χ2v) is 21.9. The number of benzene rings is 8. The van der Waals surface area contributed by atoms with Crippen LogP contribution in [0, 0.1) is 6.92 Å². The van der Waals surface area contributed by atoms with Crippen LogP contribution in [0.5, 0.6) is 0 Å². The molecule has 3 heterocycles. The molecule has 3 aliphatic heterocycles. The molecule has 0 amide bonds. The highest BCUT2D eigenvalue weighted by molar-refractivity contribution is 6.93. The van der Waals surface area contributed by atoms with Crippen molar-refractivity contribution in [3.8, 4) is 22.3 Å². The van der Waals surface area contributed by atoms with Gasteiger partial charge in [0, 0.05) is 50.8 Å². The first-order valence-electron chi connectivity index (χ1n) is 25.2. The monoisotopic (exact) mass is 884 g/mol. The predicted molar refractivity (Wildman–Crippen MR) is 291 cm³/mol. The molecule has 4 aliphatic rings. The summed E-state index contributed by atoms with van der Waals surface area (Å²) in [5.41, 5.74) is 25.9. The first-order valence-corrected chi connectivity index (χ1v) is 25.2. The first-order chi connectivity index (χ1) is 32.9. The molecule has 68 heavy (non-hydrogen) atoms. The maximum absolute atomic E-state index is 2.72. The Kier molecular flexibility index (Phi) is 9.79. The minimum Gasteiger partial charge on any atom is -0.376 e. The van der Waals surface area contributed by atoms with Crippen LogP contribution in [0.1, 0.15) is 108 Å². The number of para-hydroxylation sites is 3. The number of rotatable bonds is 8.